The van der Waals surface area contributed by atoms with Crippen LogP contribution in [0.2, 0.25) is 0 Å². The van der Waals surface area contributed by atoms with Crippen molar-refractivity contribution in [1.82, 2.24) is 5.32 Å². The smallest absolute Gasteiger partial charge is 0.141 e. The van der Waals surface area contributed by atoms with E-state index in [0.717, 1.165) is 76.6 Å². The summed E-state index contributed by atoms with van der Waals surface area (Å²) < 4.78 is 0. The lowest BCUT2D eigenvalue weighted by Gasteiger charge is -2.60. The van der Waals surface area contributed by atoms with Gasteiger partial charge >= 0.3 is 0 Å². The highest BCUT2D eigenvalue weighted by Crippen LogP contribution is 2.66. The van der Waals surface area contributed by atoms with E-state index in [1.54, 1.807) is 0 Å². The first-order valence-corrected chi connectivity index (χ1v) is 11.7. The second-order valence-electron chi connectivity index (χ2n) is 10.7. The molecule has 5 nitrogen and oxygen atoms in total. The number of hydrogen-bond acceptors (Lipinski definition) is 5. The second-order valence-corrected chi connectivity index (χ2v) is 10.7. The summed E-state index contributed by atoms with van der Waals surface area (Å²) in [4.78, 5) is 18.5. The lowest BCUT2D eigenvalue weighted by atomic mass is 9.44. The van der Waals surface area contributed by atoms with E-state index in [0.29, 0.717) is 29.5 Å². The number of Topliss-reactive ketones (excluding diaryl/α,β-unsaturated/α-hetero) is 1. The van der Waals surface area contributed by atoms with Crippen LogP contribution in [0.1, 0.15) is 64.7 Å². The van der Waals surface area contributed by atoms with E-state index in [1.165, 1.54) is 5.57 Å². The molecule has 5 rings (SSSR count). The van der Waals surface area contributed by atoms with Gasteiger partial charge in [0.05, 0.1) is 5.71 Å². The third-order valence-electron chi connectivity index (χ3n) is 9.51. The van der Waals surface area contributed by atoms with Gasteiger partial charge in [-0.05, 0) is 75.2 Å². The Hall–Kier alpha value is -1.20. The standard InChI is InChI=1S/C24H36N2O3/c1-15-11-16-12-17(26-29-18-7-10-25-13-18)5-9-24(16,14-27)20-6-8-23(2)19(22(15)20)3-4-21(23)28/h16,18-20,22,25,27H,1,3-14H2,2H3. The molecule has 7 unspecified atom stereocenters. The van der Waals surface area contributed by atoms with E-state index in [2.05, 4.69) is 24.0 Å². The molecule has 0 bridgehead atoms. The van der Waals surface area contributed by atoms with Crippen molar-refractivity contribution in [2.24, 2.45) is 39.7 Å². The molecular weight excluding hydrogens is 364 g/mol. The number of ketones is 1. The fourth-order valence-corrected chi connectivity index (χ4v) is 7.79. The van der Waals surface area contributed by atoms with Crippen LogP contribution in [0.5, 0.6) is 0 Å². The number of fused-ring (bicyclic) bond motifs is 5. The number of aliphatic hydroxyl groups excluding tert-OH is 1. The average molecular weight is 401 g/mol. The molecule has 0 amide bonds. The molecule has 0 aromatic carbocycles. The molecule has 5 heteroatoms. The molecule has 7 atom stereocenters. The van der Waals surface area contributed by atoms with Gasteiger partial charge in [0, 0.05) is 36.8 Å². The predicted octanol–water partition coefficient (Wildman–Crippen LogP) is 3.47. The predicted molar refractivity (Wildman–Crippen MR) is 112 cm³/mol. The minimum absolute atomic E-state index is 0.0350. The van der Waals surface area contributed by atoms with Crippen molar-refractivity contribution in [1.29, 1.82) is 0 Å². The number of hydrogen-bond donors (Lipinski definition) is 2. The van der Waals surface area contributed by atoms with Crippen molar-refractivity contribution in [2.75, 3.05) is 19.7 Å². The molecule has 1 aliphatic heterocycles. The van der Waals surface area contributed by atoms with E-state index in [4.69, 9.17) is 4.84 Å². The van der Waals surface area contributed by atoms with E-state index in [9.17, 15) is 9.90 Å². The Bertz CT molecular complexity index is 728. The largest absolute Gasteiger partial charge is 0.396 e. The number of nitrogens with one attached hydrogen (secondary N) is 1. The molecule has 5 aliphatic rings. The fraction of sp³-hybridized carbons (Fsp3) is 0.833. The Kier molecular flexibility index (Phi) is 4.90. The quantitative estimate of drug-likeness (QED) is 0.562. The highest BCUT2D eigenvalue weighted by Gasteiger charge is 2.62. The summed E-state index contributed by atoms with van der Waals surface area (Å²) in [7, 11) is 0. The number of oxime groups is 1. The summed E-state index contributed by atoms with van der Waals surface area (Å²) in [6.07, 6.45) is 8.81. The van der Waals surface area contributed by atoms with Crippen LogP contribution in [0.4, 0.5) is 0 Å². The van der Waals surface area contributed by atoms with Crippen LogP contribution < -0.4 is 5.32 Å². The number of carbonyl (C=O) groups excluding carboxylic acids is 1. The van der Waals surface area contributed by atoms with Gasteiger partial charge < -0.3 is 15.3 Å². The van der Waals surface area contributed by atoms with E-state index in [-0.39, 0.29) is 23.5 Å². The van der Waals surface area contributed by atoms with Crippen molar-refractivity contribution in [3.05, 3.63) is 12.2 Å². The number of carbonyl (C=O) groups is 1. The fourth-order valence-electron chi connectivity index (χ4n) is 7.79. The monoisotopic (exact) mass is 400 g/mol. The molecule has 4 aliphatic carbocycles. The van der Waals surface area contributed by atoms with Crippen LogP contribution in [-0.2, 0) is 9.63 Å². The van der Waals surface area contributed by atoms with Crippen molar-refractivity contribution < 1.29 is 14.7 Å². The van der Waals surface area contributed by atoms with Gasteiger partial charge in [-0.3, -0.25) is 4.79 Å². The molecule has 0 aromatic heterocycles. The van der Waals surface area contributed by atoms with Crippen LogP contribution in [0.15, 0.2) is 17.3 Å². The van der Waals surface area contributed by atoms with Crippen LogP contribution in [-0.4, -0.2) is 42.4 Å². The summed E-state index contributed by atoms with van der Waals surface area (Å²) in [5.41, 5.74) is 2.30. The highest BCUT2D eigenvalue weighted by atomic mass is 16.6. The molecule has 160 valence electrons. The van der Waals surface area contributed by atoms with Crippen LogP contribution in [0.3, 0.4) is 0 Å². The molecule has 29 heavy (non-hydrogen) atoms. The zero-order chi connectivity index (χ0) is 20.2. The lowest BCUT2D eigenvalue weighted by molar-refractivity contribution is -0.136. The maximum absolute atomic E-state index is 12.7. The van der Waals surface area contributed by atoms with Gasteiger partial charge in [-0.15, -0.1) is 0 Å². The number of nitrogens with zero attached hydrogens (tertiary/aromatic N) is 1. The second kappa shape index (κ2) is 7.19. The molecule has 4 saturated carbocycles. The first-order chi connectivity index (χ1) is 14.0. The Balaban J connectivity index is 1.38. The number of allylic oxidation sites excluding steroid dienone is 1. The zero-order valence-corrected chi connectivity index (χ0v) is 17.8. The molecule has 5 fully saturated rings. The molecule has 1 saturated heterocycles. The number of rotatable bonds is 3. The van der Waals surface area contributed by atoms with Crippen LogP contribution in [0, 0.1) is 34.5 Å². The lowest BCUT2D eigenvalue weighted by Crippen LogP contribution is -2.57. The van der Waals surface area contributed by atoms with Gasteiger partial charge in [-0.2, -0.15) is 0 Å². The Morgan fingerprint density at radius 3 is 2.83 bits per heavy atom. The van der Waals surface area contributed by atoms with Crippen molar-refractivity contribution in [3.8, 4) is 0 Å². The summed E-state index contributed by atoms with van der Waals surface area (Å²) in [5.74, 6) is 2.16. The average Bonchev–Trinajstić information content (AvgIpc) is 3.34. The van der Waals surface area contributed by atoms with Crippen molar-refractivity contribution in [2.45, 2.75) is 70.8 Å². The summed E-state index contributed by atoms with van der Waals surface area (Å²) in [5, 5.41) is 18.5. The molecule has 0 aromatic rings. The third-order valence-corrected chi connectivity index (χ3v) is 9.51. The van der Waals surface area contributed by atoms with Gasteiger partial charge in [-0.25, -0.2) is 0 Å². The van der Waals surface area contributed by atoms with Crippen molar-refractivity contribution >= 4 is 11.5 Å². The first kappa shape index (κ1) is 19.7. The molecule has 1 heterocycles. The molecule has 2 N–H and O–H groups in total. The van der Waals surface area contributed by atoms with Gasteiger partial charge in [0.2, 0.25) is 0 Å². The Labute approximate surface area is 174 Å². The Morgan fingerprint density at radius 2 is 2.07 bits per heavy atom. The van der Waals surface area contributed by atoms with Crippen molar-refractivity contribution in [3.63, 3.8) is 0 Å². The maximum atomic E-state index is 12.7. The summed E-state index contributed by atoms with van der Waals surface area (Å²) in [6.45, 7) is 8.89. The van der Waals surface area contributed by atoms with Gasteiger partial charge in [0.1, 0.15) is 11.9 Å². The minimum Gasteiger partial charge on any atom is -0.396 e. The van der Waals surface area contributed by atoms with Crippen LogP contribution in [0.25, 0.3) is 0 Å². The minimum atomic E-state index is -0.155. The third kappa shape index (κ3) is 2.95. The molecular formula is C24H36N2O3. The van der Waals surface area contributed by atoms with Crippen LogP contribution >= 0.6 is 0 Å². The first-order valence-electron chi connectivity index (χ1n) is 11.7. The topological polar surface area (TPSA) is 70.9 Å². The van der Waals surface area contributed by atoms with E-state index >= 15 is 0 Å². The highest BCUT2D eigenvalue weighted by molar-refractivity contribution is 5.87. The number of aliphatic hydroxyl groups is 1. The van der Waals surface area contributed by atoms with E-state index in [1.807, 2.05) is 0 Å². The Morgan fingerprint density at radius 1 is 1.21 bits per heavy atom. The maximum Gasteiger partial charge on any atom is 0.141 e. The van der Waals surface area contributed by atoms with Gasteiger partial charge in [0.25, 0.3) is 0 Å². The van der Waals surface area contributed by atoms with Gasteiger partial charge in [0.15, 0.2) is 0 Å². The SMILES string of the molecule is C=C1CC2CC(=NOC3CCNC3)CCC2(CO)C2CCC3(C)C(=O)CCC3C12. The van der Waals surface area contributed by atoms with E-state index < -0.39 is 0 Å². The normalized spacial score (nSPS) is 48.3. The zero-order valence-electron chi connectivity index (χ0n) is 17.8. The molecule has 0 spiro atoms. The summed E-state index contributed by atoms with van der Waals surface area (Å²) >= 11 is 0. The van der Waals surface area contributed by atoms with Gasteiger partial charge in [-0.1, -0.05) is 24.2 Å². The summed E-state index contributed by atoms with van der Waals surface area (Å²) in [6, 6.07) is 0. The molecule has 0 radical (unpaired) electrons.